The van der Waals surface area contributed by atoms with E-state index < -0.39 is 5.92 Å². The lowest BCUT2D eigenvalue weighted by atomic mass is 9.86. The van der Waals surface area contributed by atoms with E-state index in [1.54, 1.807) is 34.9 Å². The number of nitrogens with zero attached hydrogens (tertiary/aromatic N) is 2. The van der Waals surface area contributed by atoms with Crippen molar-refractivity contribution in [3.63, 3.8) is 0 Å². The minimum Gasteiger partial charge on any atom is -0.306 e. The number of amides is 1. The van der Waals surface area contributed by atoms with Gasteiger partial charge in [-0.25, -0.2) is 4.39 Å². The molecule has 2 heterocycles. The van der Waals surface area contributed by atoms with Gasteiger partial charge >= 0.3 is 0 Å². The highest BCUT2D eigenvalue weighted by molar-refractivity contribution is 8.02. The summed E-state index contributed by atoms with van der Waals surface area (Å²) >= 11 is 1.59. The van der Waals surface area contributed by atoms with Crippen LogP contribution in [0.3, 0.4) is 0 Å². The smallest absolute Gasteiger partial charge is 0.232 e. The van der Waals surface area contributed by atoms with Crippen LogP contribution in [0.15, 0.2) is 34.9 Å². The molecule has 2 fully saturated rings. The number of allylic oxidation sites excluding steroid dienone is 1. The Labute approximate surface area is 157 Å². The number of benzene rings is 1. The number of fused-ring (bicyclic) bond motifs is 1. The van der Waals surface area contributed by atoms with Gasteiger partial charge in [0.1, 0.15) is 16.7 Å². The number of nitrogens with one attached hydrogen (secondary N) is 1. The number of quaternary nitrogens is 1. The molecule has 2 aliphatic heterocycles. The first-order valence-electron chi connectivity index (χ1n) is 9.35. The Morgan fingerprint density at radius 3 is 2.73 bits per heavy atom. The number of thioether (sulfide) groups is 1. The van der Waals surface area contributed by atoms with Crippen molar-refractivity contribution >= 4 is 17.7 Å². The minimum absolute atomic E-state index is 0.00719. The van der Waals surface area contributed by atoms with E-state index in [0.717, 1.165) is 10.9 Å². The average molecular weight is 372 g/mol. The number of hydrogen-bond donors (Lipinski definition) is 1. The van der Waals surface area contributed by atoms with Crippen LogP contribution in [-0.2, 0) is 4.79 Å². The SMILES string of the molecule is N#CC1=C2SC[NH+](C3CCCCC3)CN2C(=O)C[C@H]1c1ccccc1F. The Morgan fingerprint density at radius 2 is 2.00 bits per heavy atom. The Hall–Kier alpha value is -1.84. The molecular formula is C20H23FN3OS+. The lowest BCUT2D eigenvalue weighted by molar-refractivity contribution is -0.923. The zero-order valence-electron chi connectivity index (χ0n) is 14.7. The van der Waals surface area contributed by atoms with Crippen molar-refractivity contribution < 1.29 is 14.1 Å². The molecule has 3 aliphatic rings. The summed E-state index contributed by atoms with van der Waals surface area (Å²) in [6, 6.07) is 9.38. The van der Waals surface area contributed by atoms with Gasteiger partial charge in [-0.1, -0.05) is 24.6 Å². The molecule has 26 heavy (non-hydrogen) atoms. The van der Waals surface area contributed by atoms with E-state index >= 15 is 0 Å². The van der Waals surface area contributed by atoms with E-state index in [4.69, 9.17) is 0 Å². The van der Waals surface area contributed by atoms with Gasteiger partial charge < -0.3 is 4.90 Å². The third kappa shape index (κ3) is 3.15. The standard InChI is InChI=1S/C20H22FN3OS/c21-18-9-5-4-8-15(18)16-10-19(25)24-12-23(14-6-2-1-3-7-14)13-26-20(24)17(16)11-22/h4-5,8-9,14,16H,1-3,6-7,10,12-13H2/p+1/t16-/m0/s1. The molecule has 2 atom stereocenters. The van der Waals surface area contributed by atoms with E-state index in [0.29, 0.717) is 23.8 Å². The van der Waals surface area contributed by atoms with Crippen LogP contribution in [0.1, 0.15) is 50.0 Å². The van der Waals surface area contributed by atoms with Crippen LogP contribution in [0.5, 0.6) is 0 Å². The van der Waals surface area contributed by atoms with Gasteiger partial charge in [0.15, 0.2) is 6.67 Å². The van der Waals surface area contributed by atoms with Crippen LogP contribution >= 0.6 is 11.8 Å². The maximum atomic E-state index is 14.3. The molecule has 1 saturated carbocycles. The Balaban J connectivity index is 1.63. The number of hydrogen-bond acceptors (Lipinski definition) is 3. The molecule has 1 aliphatic carbocycles. The molecule has 0 radical (unpaired) electrons. The van der Waals surface area contributed by atoms with Crippen LogP contribution in [0.4, 0.5) is 4.39 Å². The van der Waals surface area contributed by atoms with Crippen LogP contribution in [0.2, 0.25) is 0 Å². The molecule has 0 bridgehead atoms. The second-order valence-corrected chi connectivity index (χ2v) is 8.33. The fourth-order valence-electron chi connectivity index (χ4n) is 4.43. The third-order valence-corrected chi connectivity index (χ3v) is 7.07. The quantitative estimate of drug-likeness (QED) is 0.868. The molecule has 1 aromatic carbocycles. The predicted molar refractivity (Wildman–Crippen MR) is 98.4 cm³/mol. The number of halogens is 1. The van der Waals surface area contributed by atoms with Gasteiger partial charge in [-0.2, -0.15) is 5.26 Å². The topological polar surface area (TPSA) is 48.5 Å². The first-order valence-corrected chi connectivity index (χ1v) is 10.3. The molecule has 1 saturated heterocycles. The normalized spacial score (nSPS) is 27.2. The summed E-state index contributed by atoms with van der Waals surface area (Å²) in [5.41, 5.74) is 0.995. The van der Waals surface area contributed by atoms with Crippen molar-refractivity contribution in [1.82, 2.24) is 4.90 Å². The lowest BCUT2D eigenvalue weighted by Crippen LogP contribution is -3.17. The number of carbonyl (C=O) groups excluding carboxylic acids is 1. The Morgan fingerprint density at radius 1 is 1.23 bits per heavy atom. The second kappa shape index (κ2) is 7.42. The summed E-state index contributed by atoms with van der Waals surface area (Å²) in [4.78, 5) is 16.1. The first-order chi connectivity index (χ1) is 12.7. The number of rotatable bonds is 2. The molecule has 136 valence electrons. The predicted octanol–water partition coefficient (Wildman–Crippen LogP) is 2.76. The number of carbonyl (C=O) groups is 1. The van der Waals surface area contributed by atoms with Crippen molar-refractivity contribution in [1.29, 1.82) is 5.26 Å². The summed E-state index contributed by atoms with van der Waals surface area (Å²) in [5.74, 6) is 0.0673. The highest BCUT2D eigenvalue weighted by Crippen LogP contribution is 2.41. The largest absolute Gasteiger partial charge is 0.306 e. The highest BCUT2D eigenvalue weighted by atomic mass is 32.2. The maximum absolute atomic E-state index is 14.3. The van der Waals surface area contributed by atoms with Gasteiger partial charge in [-0.3, -0.25) is 9.69 Å². The van der Waals surface area contributed by atoms with Crippen LogP contribution < -0.4 is 4.90 Å². The van der Waals surface area contributed by atoms with Gasteiger partial charge in [0.25, 0.3) is 0 Å². The monoisotopic (exact) mass is 372 g/mol. The molecule has 1 aromatic rings. The van der Waals surface area contributed by atoms with Crippen LogP contribution in [0.25, 0.3) is 0 Å². The average Bonchev–Trinajstić information content (AvgIpc) is 2.69. The Kier molecular flexibility index (Phi) is 5.01. The van der Waals surface area contributed by atoms with Gasteiger partial charge in [0, 0.05) is 12.3 Å². The minimum atomic E-state index is -0.469. The van der Waals surface area contributed by atoms with Gasteiger partial charge in [0.05, 0.1) is 17.7 Å². The van der Waals surface area contributed by atoms with Crippen molar-refractivity contribution in [2.24, 2.45) is 0 Å². The van der Waals surface area contributed by atoms with E-state index in [-0.39, 0.29) is 18.1 Å². The van der Waals surface area contributed by atoms with Crippen molar-refractivity contribution in [3.05, 3.63) is 46.2 Å². The highest BCUT2D eigenvalue weighted by Gasteiger charge is 2.42. The Bertz CT molecular complexity index is 782. The summed E-state index contributed by atoms with van der Waals surface area (Å²) in [5, 5.41) is 10.5. The molecule has 4 rings (SSSR count). The fraction of sp³-hybridized carbons (Fsp3) is 0.500. The lowest BCUT2D eigenvalue weighted by Gasteiger charge is -2.42. The van der Waals surface area contributed by atoms with Gasteiger partial charge in [-0.05, 0) is 49.1 Å². The summed E-state index contributed by atoms with van der Waals surface area (Å²) in [6.45, 7) is 0.640. The maximum Gasteiger partial charge on any atom is 0.232 e. The number of nitriles is 1. The van der Waals surface area contributed by atoms with Gasteiger partial charge in [0.2, 0.25) is 5.91 Å². The van der Waals surface area contributed by atoms with E-state index in [2.05, 4.69) is 6.07 Å². The molecule has 1 amide bonds. The molecule has 0 aromatic heterocycles. The van der Waals surface area contributed by atoms with Crippen molar-refractivity contribution in [2.75, 3.05) is 12.5 Å². The summed E-state index contributed by atoms with van der Waals surface area (Å²) < 4.78 is 14.3. The second-order valence-electron chi connectivity index (χ2n) is 7.37. The molecule has 1 N–H and O–H groups in total. The van der Waals surface area contributed by atoms with Crippen LogP contribution in [-0.4, -0.2) is 29.4 Å². The van der Waals surface area contributed by atoms with E-state index in [1.165, 1.54) is 43.1 Å². The van der Waals surface area contributed by atoms with E-state index in [9.17, 15) is 14.4 Å². The van der Waals surface area contributed by atoms with E-state index in [1.807, 2.05) is 0 Å². The fourth-order valence-corrected chi connectivity index (χ4v) is 5.74. The van der Waals surface area contributed by atoms with Crippen molar-refractivity contribution in [2.45, 2.75) is 50.5 Å². The van der Waals surface area contributed by atoms with Gasteiger partial charge in [-0.15, -0.1) is 0 Å². The van der Waals surface area contributed by atoms with Crippen LogP contribution in [0, 0.1) is 17.1 Å². The summed E-state index contributed by atoms with van der Waals surface area (Å²) in [7, 11) is 0. The zero-order chi connectivity index (χ0) is 18.1. The third-order valence-electron chi connectivity index (χ3n) is 5.84. The zero-order valence-corrected chi connectivity index (χ0v) is 15.5. The first kappa shape index (κ1) is 17.6. The molecule has 4 nitrogen and oxygen atoms in total. The molecular weight excluding hydrogens is 349 g/mol. The molecule has 0 spiro atoms. The molecule has 6 heteroatoms. The molecule has 1 unspecified atom stereocenters. The van der Waals surface area contributed by atoms with Crippen molar-refractivity contribution in [3.8, 4) is 6.07 Å². The summed E-state index contributed by atoms with van der Waals surface area (Å²) in [6.07, 6.45) is 6.47.